The summed E-state index contributed by atoms with van der Waals surface area (Å²) in [7, 11) is 0. The monoisotopic (exact) mass is 232 g/mol. The summed E-state index contributed by atoms with van der Waals surface area (Å²) in [6.07, 6.45) is 4.53. The van der Waals surface area contributed by atoms with Crippen molar-refractivity contribution in [2.75, 3.05) is 12.3 Å². The van der Waals surface area contributed by atoms with Crippen LogP contribution in [0.1, 0.15) is 12.5 Å². The van der Waals surface area contributed by atoms with Gasteiger partial charge in [-0.1, -0.05) is 0 Å². The number of anilines is 1. The van der Waals surface area contributed by atoms with E-state index < -0.39 is 0 Å². The van der Waals surface area contributed by atoms with Gasteiger partial charge in [0.05, 0.1) is 24.7 Å². The molecule has 2 aromatic heterocycles. The highest BCUT2D eigenvalue weighted by Gasteiger charge is 2.27. The molecule has 0 unspecified atom stereocenters. The first-order valence-corrected chi connectivity index (χ1v) is 5.43. The number of nitrogen functional groups attached to an aromatic ring is 1. The lowest BCUT2D eigenvalue weighted by Crippen LogP contribution is -2.09. The number of carbonyl (C=O) groups is 1. The van der Waals surface area contributed by atoms with E-state index in [2.05, 4.69) is 9.97 Å². The molecule has 2 aromatic rings. The summed E-state index contributed by atoms with van der Waals surface area (Å²) in [5, 5.41) is 0. The SMILES string of the molecule is Nc1ccnc2c1ncn2[C@H]1CO[C@@H](C=O)C1. The Morgan fingerprint density at radius 3 is 3.18 bits per heavy atom. The predicted molar refractivity (Wildman–Crippen MR) is 61.4 cm³/mol. The second kappa shape index (κ2) is 3.81. The fourth-order valence-electron chi connectivity index (χ4n) is 2.15. The van der Waals surface area contributed by atoms with Gasteiger partial charge in [0.2, 0.25) is 0 Å². The van der Waals surface area contributed by atoms with Crippen molar-refractivity contribution < 1.29 is 9.53 Å². The topological polar surface area (TPSA) is 83.0 Å². The predicted octanol–water partition coefficient (Wildman–Crippen LogP) is 0.542. The Hall–Kier alpha value is -1.95. The number of aromatic nitrogens is 3. The van der Waals surface area contributed by atoms with Crippen LogP contribution in [-0.4, -0.2) is 33.5 Å². The van der Waals surface area contributed by atoms with Crippen molar-refractivity contribution in [2.45, 2.75) is 18.6 Å². The molecule has 0 amide bonds. The molecular formula is C11H12N4O2. The molecule has 88 valence electrons. The van der Waals surface area contributed by atoms with Crippen LogP contribution in [0.2, 0.25) is 0 Å². The van der Waals surface area contributed by atoms with Gasteiger partial charge in [-0.3, -0.25) is 0 Å². The molecule has 3 heterocycles. The van der Waals surface area contributed by atoms with Crippen LogP contribution in [0.15, 0.2) is 18.6 Å². The summed E-state index contributed by atoms with van der Waals surface area (Å²) < 4.78 is 7.27. The highest BCUT2D eigenvalue weighted by atomic mass is 16.5. The Morgan fingerprint density at radius 1 is 1.53 bits per heavy atom. The minimum atomic E-state index is -0.321. The fourth-order valence-corrected chi connectivity index (χ4v) is 2.15. The number of carbonyl (C=O) groups excluding carboxylic acids is 1. The van der Waals surface area contributed by atoms with Gasteiger partial charge in [0.25, 0.3) is 0 Å². The Labute approximate surface area is 97.4 Å². The van der Waals surface area contributed by atoms with E-state index >= 15 is 0 Å². The first kappa shape index (κ1) is 10.2. The van der Waals surface area contributed by atoms with Crippen LogP contribution in [0.5, 0.6) is 0 Å². The van der Waals surface area contributed by atoms with E-state index in [1.807, 2.05) is 4.57 Å². The van der Waals surface area contributed by atoms with Crippen LogP contribution in [0.25, 0.3) is 11.2 Å². The fraction of sp³-hybridized carbons (Fsp3) is 0.364. The summed E-state index contributed by atoms with van der Waals surface area (Å²) in [5.41, 5.74) is 7.87. The first-order chi connectivity index (χ1) is 8.29. The molecule has 1 aliphatic heterocycles. The Bertz CT molecular complexity index is 566. The quantitative estimate of drug-likeness (QED) is 0.764. The van der Waals surface area contributed by atoms with Crippen molar-refractivity contribution in [2.24, 2.45) is 0 Å². The average Bonchev–Trinajstić information content (AvgIpc) is 2.94. The molecule has 1 fully saturated rings. The number of hydrogen-bond donors (Lipinski definition) is 1. The Kier molecular flexibility index (Phi) is 2.29. The van der Waals surface area contributed by atoms with Crippen LogP contribution in [-0.2, 0) is 9.53 Å². The normalized spacial score (nSPS) is 24.2. The number of fused-ring (bicyclic) bond motifs is 1. The maximum Gasteiger partial charge on any atom is 0.162 e. The third-order valence-corrected chi connectivity index (χ3v) is 3.04. The van der Waals surface area contributed by atoms with Crippen molar-refractivity contribution in [3.05, 3.63) is 18.6 Å². The van der Waals surface area contributed by atoms with Crippen molar-refractivity contribution >= 4 is 23.1 Å². The third-order valence-electron chi connectivity index (χ3n) is 3.04. The van der Waals surface area contributed by atoms with E-state index in [9.17, 15) is 4.79 Å². The smallest absolute Gasteiger partial charge is 0.162 e. The van der Waals surface area contributed by atoms with E-state index in [-0.39, 0.29) is 12.1 Å². The number of imidazole rings is 1. The molecule has 6 nitrogen and oxygen atoms in total. The molecule has 17 heavy (non-hydrogen) atoms. The summed E-state index contributed by atoms with van der Waals surface area (Å²) in [6, 6.07) is 1.82. The lowest BCUT2D eigenvalue weighted by molar-refractivity contribution is -0.115. The zero-order valence-corrected chi connectivity index (χ0v) is 9.11. The van der Waals surface area contributed by atoms with Crippen LogP contribution in [0, 0.1) is 0 Å². The molecular weight excluding hydrogens is 220 g/mol. The second-order valence-electron chi connectivity index (χ2n) is 4.12. The second-order valence-corrected chi connectivity index (χ2v) is 4.12. The molecule has 6 heteroatoms. The van der Waals surface area contributed by atoms with E-state index in [0.29, 0.717) is 24.2 Å². The van der Waals surface area contributed by atoms with E-state index in [1.54, 1.807) is 18.6 Å². The number of pyridine rings is 1. The minimum Gasteiger partial charge on any atom is -0.397 e. The highest BCUT2D eigenvalue weighted by Crippen LogP contribution is 2.27. The van der Waals surface area contributed by atoms with Crippen LogP contribution >= 0.6 is 0 Å². The molecule has 0 aliphatic carbocycles. The van der Waals surface area contributed by atoms with Crippen molar-refractivity contribution in [3.8, 4) is 0 Å². The number of nitrogens with zero attached hydrogens (tertiary/aromatic N) is 3. The maximum absolute atomic E-state index is 10.7. The van der Waals surface area contributed by atoms with Gasteiger partial charge in [0, 0.05) is 12.6 Å². The van der Waals surface area contributed by atoms with Crippen molar-refractivity contribution in [1.82, 2.24) is 14.5 Å². The van der Waals surface area contributed by atoms with Crippen molar-refractivity contribution in [3.63, 3.8) is 0 Å². The summed E-state index contributed by atoms with van der Waals surface area (Å²) in [5.74, 6) is 0. The average molecular weight is 232 g/mol. The molecule has 0 bridgehead atoms. The zero-order chi connectivity index (χ0) is 11.8. The van der Waals surface area contributed by atoms with Gasteiger partial charge < -0.3 is 19.8 Å². The lowest BCUT2D eigenvalue weighted by Gasteiger charge is -2.09. The number of aldehydes is 1. The number of hydrogen-bond acceptors (Lipinski definition) is 5. The molecule has 0 aromatic carbocycles. The molecule has 0 radical (unpaired) electrons. The maximum atomic E-state index is 10.7. The summed E-state index contributed by atoms with van der Waals surface area (Å²) in [4.78, 5) is 19.2. The standard InChI is InChI=1S/C11H12N4O2/c12-9-1-2-13-11-10(9)14-6-15(11)7-3-8(4-16)17-5-7/h1-2,4,6-8H,3,5H2,(H2,12,13)/t7-,8-/m1/s1. The largest absolute Gasteiger partial charge is 0.397 e. The van der Waals surface area contributed by atoms with Gasteiger partial charge in [-0.15, -0.1) is 0 Å². The van der Waals surface area contributed by atoms with Crippen molar-refractivity contribution in [1.29, 1.82) is 0 Å². The van der Waals surface area contributed by atoms with Crippen LogP contribution in [0.3, 0.4) is 0 Å². The Morgan fingerprint density at radius 2 is 2.41 bits per heavy atom. The summed E-state index contributed by atoms with van der Waals surface area (Å²) in [6.45, 7) is 0.505. The lowest BCUT2D eigenvalue weighted by atomic mass is 10.2. The molecule has 0 saturated carbocycles. The van der Waals surface area contributed by atoms with Gasteiger partial charge in [0.1, 0.15) is 17.9 Å². The minimum absolute atomic E-state index is 0.101. The van der Waals surface area contributed by atoms with Gasteiger partial charge in [-0.25, -0.2) is 9.97 Å². The molecule has 2 atom stereocenters. The van der Waals surface area contributed by atoms with Crippen LogP contribution < -0.4 is 5.73 Å². The molecule has 0 spiro atoms. The Balaban J connectivity index is 2.01. The molecule has 1 aliphatic rings. The number of ether oxygens (including phenoxy) is 1. The molecule has 1 saturated heterocycles. The zero-order valence-electron chi connectivity index (χ0n) is 9.11. The number of rotatable bonds is 2. The van der Waals surface area contributed by atoms with E-state index in [0.717, 1.165) is 11.9 Å². The summed E-state index contributed by atoms with van der Waals surface area (Å²) >= 11 is 0. The van der Waals surface area contributed by atoms with Gasteiger partial charge in [0.15, 0.2) is 5.65 Å². The molecule has 2 N–H and O–H groups in total. The molecule has 3 rings (SSSR count). The van der Waals surface area contributed by atoms with E-state index in [1.165, 1.54) is 0 Å². The first-order valence-electron chi connectivity index (χ1n) is 5.43. The van der Waals surface area contributed by atoms with Crippen LogP contribution in [0.4, 0.5) is 5.69 Å². The third kappa shape index (κ3) is 1.57. The van der Waals surface area contributed by atoms with Gasteiger partial charge in [-0.05, 0) is 6.07 Å². The number of nitrogens with two attached hydrogens (primary N) is 1. The van der Waals surface area contributed by atoms with Gasteiger partial charge >= 0.3 is 0 Å². The highest BCUT2D eigenvalue weighted by molar-refractivity contribution is 5.83. The van der Waals surface area contributed by atoms with Gasteiger partial charge in [-0.2, -0.15) is 0 Å². The van der Waals surface area contributed by atoms with E-state index in [4.69, 9.17) is 10.5 Å².